The molecule has 104 valence electrons. The van der Waals surface area contributed by atoms with Gasteiger partial charge in [0, 0.05) is 18.6 Å². The Morgan fingerprint density at radius 3 is 2.89 bits per heavy atom. The number of hydrogen-bond donors (Lipinski definition) is 1. The average molecular weight is 261 g/mol. The highest BCUT2D eigenvalue weighted by molar-refractivity contribution is 5.44. The molecule has 1 saturated heterocycles. The maximum atomic E-state index is 6.45. The maximum Gasteiger partial charge on any atom is 0.128 e. The van der Waals surface area contributed by atoms with Crippen LogP contribution in [0.5, 0.6) is 5.75 Å². The van der Waals surface area contributed by atoms with Gasteiger partial charge in [-0.05, 0) is 45.3 Å². The fourth-order valence-electron chi connectivity index (χ4n) is 3.31. The molecule has 0 aliphatic carbocycles. The lowest BCUT2D eigenvalue weighted by atomic mass is 9.81. The van der Waals surface area contributed by atoms with E-state index in [2.05, 4.69) is 37.4 Å². The molecule has 1 unspecified atom stereocenters. The lowest BCUT2D eigenvalue weighted by Crippen LogP contribution is -2.49. The summed E-state index contributed by atoms with van der Waals surface area (Å²) in [5, 5.41) is 3.42. The maximum absolute atomic E-state index is 6.45. The zero-order valence-electron chi connectivity index (χ0n) is 11.9. The van der Waals surface area contributed by atoms with Crippen LogP contribution in [0.15, 0.2) is 18.2 Å². The van der Waals surface area contributed by atoms with Gasteiger partial charge in [0.25, 0.3) is 0 Å². The van der Waals surface area contributed by atoms with Gasteiger partial charge >= 0.3 is 0 Å². The van der Waals surface area contributed by atoms with Crippen LogP contribution in [0.4, 0.5) is 0 Å². The molecule has 0 aromatic heterocycles. The summed E-state index contributed by atoms with van der Waals surface area (Å²) < 4.78 is 12.4. The Labute approximate surface area is 115 Å². The summed E-state index contributed by atoms with van der Waals surface area (Å²) in [5.41, 5.74) is 2.43. The van der Waals surface area contributed by atoms with Crippen LogP contribution in [-0.4, -0.2) is 25.3 Å². The minimum Gasteiger partial charge on any atom is -0.486 e. The monoisotopic (exact) mass is 261 g/mol. The Kier molecular flexibility index (Phi) is 3.50. The topological polar surface area (TPSA) is 30.5 Å². The molecule has 0 radical (unpaired) electrons. The zero-order valence-corrected chi connectivity index (χ0v) is 11.9. The summed E-state index contributed by atoms with van der Waals surface area (Å²) >= 11 is 0. The second-order valence-corrected chi connectivity index (χ2v) is 5.68. The van der Waals surface area contributed by atoms with E-state index in [4.69, 9.17) is 9.47 Å². The van der Waals surface area contributed by atoms with Gasteiger partial charge in [-0.25, -0.2) is 0 Å². The van der Waals surface area contributed by atoms with Gasteiger partial charge in [-0.15, -0.1) is 0 Å². The third-order valence-electron chi connectivity index (χ3n) is 4.35. The van der Waals surface area contributed by atoms with E-state index in [-0.39, 0.29) is 11.7 Å². The van der Waals surface area contributed by atoms with E-state index in [1.807, 2.05) is 0 Å². The zero-order chi connectivity index (χ0) is 13.3. The molecule has 0 saturated carbocycles. The van der Waals surface area contributed by atoms with Crippen LogP contribution in [0.25, 0.3) is 0 Å². The highest BCUT2D eigenvalue weighted by atomic mass is 16.5. The van der Waals surface area contributed by atoms with E-state index >= 15 is 0 Å². The van der Waals surface area contributed by atoms with Gasteiger partial charge in [0.2, 0.25) is 0 Å². The molecule has 1 N–H and O–H groups in total. The van der Waals surface area contributed by atoms with E-state index in [9.17, 15) is 0 Å². The van der Waals surface area contributed by atoms with Crippen molar-refractivity contribution >= 4 is 0 Å². The number of nitrogens with one attached hydrogen (secondary N) is 1. The Hall–Kier alpha value is -1.06. The van der Waals surface area contributed by atoms with Crippen molar-refractivity contribution in [1.29, 1.82) is 0 Å². The predicted octanol–water partition coefficient (Wildman–Crippen LogP) is 2.98. The van der Waals surface area contributed by atoms with E-state index < -0.39 is 0 Å². The lowest BCUT2D eigenvalue weighted by molar-refractivity contribution is -0.0593. The summed E-state index contributed by atoms with van der Waals surface area (Å²) in [7, 11) is 0. The Balaban J connectivity index is 1.97. The molecule has 1 fully saturated rings. The third kappa shape index (κ3) is 2.37. The van der Waals surface area contributed by atoms with Gasteiger partial charge in [0.1, 0.15) is 11.4 Å². The summed E-state index contributed by atoms with van der Waals surface area (Å²) in [4.78, 5) is 0. The number of hydrogen-bond acceptors (Lipinski definition) is 3. The van der Waals surface area contributed by atoms with Crippen molar-refractivity contribution in [3.63, 3.8) is 0 Å². The molecule has 1 atom stereocenters. The number of para-hydroxylation sites is 1. The minimum atomic E-state index is -0.0236. The average Bonchev–Trinajstić information content (AvgIpc) is 2.41. The van der Waals surface area contributed by atoms with Crippen molar-refractivity contribution in [2.45, 2.75) is 44.8 Å². The van der Waals surface area contributed by atoms with Crippen LogP contribution < -0.4 is 10.1 Å². The van der Waals surface area contributed by atoms with Crippen LogP contribution >= 0.6 is 0 Å². The molecule has 0 amide bonds. The first-order chi connectivity index (χ1) is 9.24. The highest BCUT2D eigenvalue weighted by Crippen LogP contribution is 2.46. The molecule has 1 aromatic carbocycles. The molecule has 1 aromatic rings. The van der Waals surface area contributed by atoms with Crippen LogP contribution in [0.3, 0.4) is 0 Å². The van der Waals surface area contributed by atoms with Crippen molar-refractivity contribution in [3.8, 4) is 5.75 Å². The van der Waals surface area contributed by atoms with Crippen molar-refractivity contribution in [3.05, 3.63) is 29.3 Å². The molecule has 19 heavy (non-hydrogen) atoms. The molecule has 2 heterocycles. The van der Waals surface area contributed by atoms with Crippen LogP contribution in [0.2, 0.25) is 0 Å². The second kappa shape index (κ2) is 5.14. The molecule has 3 heteroatoms. The summed E-state index contributed by atoms with van der Waals surface area (Å²) in [6, 6.07) is 6.38. The van der Waals surface area contributed by atoms with E-state index in [1.165, 1.54) is 11.1 Å². The minimum absolute atomic E-state index is 0.0236. The Bertz CT molecular complexity index is 452. The van der Waals surface area contributed by atoms with E-state index in [0.29, 0.717) is 0 Å². The molecule has 2 aliphatic heterocycles. The normalized spacial score (nSPS) is 24.8. The number of piperidine rings is 1. The first kappa shape index (κ1) is 12.9. The Morgan fingerprint density at radius 2 is 2.16 bits per heavy atom. The number of fused-ring (bicyclic) bond motifs is 1. The number of aryl methyl sites for hydroxylation is 1. The SMILES string of the molecule is CCOC1CC2(CCNCC2)Oc2c(C)cccc21. The largest absolute Gasteiger partial charge is 0.486 e. The Morgan fingerprint density at radius 1 is 1.37 bits per heavy atom. The summed E-state index contributed by atoms with van der Waals surface area (Å²) in [5.74, 6) is 1.06. The molecule has 3 rings (SSSR count). The van der Waals surface area contributed by atoms with Crippen LogP contribution in [0.1, 0.15) is 43.4 Å². The van der Waals surface area contributed by atoms with Gasteiger partial charge in [0.05, 0.1) is 6.10 Å². The fraction of sp³-hybridized carbons (Fsp3) is 0.625. The number of benzene rings is 1. The molecular weight excluding hydrogens is 238 g/mol. The van der Waals surface area contributed by atoms with Crippen molar-refractivity contribution < 1.29 is 9.47 Å². The van der Waals surface area contributed by atoms with Gasteiger partial charge in [-0.2, -0.15) is 0 Å². The van der Waals surface area contributed by atoms with Crippen LogP contribution in [0, 0.1) is 6.92 Å². The van der Waals surface area contributed by atoms with Gasteiger partial charge in [-0.1, -0.05) is 18.2 Å². The first-order valence-corrected chi connectivity index (χ1v) is 7.35. The van der Waals surface area contributed by atoms with Crippen molar-refractivity contribution in [1.82, 2.24) is 5.32 Å². The first-order valence-electron chi connectivity index (χ1n) is 7.35. The molecule has 0 bridgehead atoms. The second-order valence-electron chi connectivity index (χ2n) is 5.68. The van der Waals surface area contributed by atoms with E-state index in [1.54, 1.807) is 0 Å². The number of ether oxygens (including phenoxy) is 2. The van der Waals surface area contributed by atoms with Gasteiger partial charge in [0.15, 0.2) is 0 Å². The standard InChI is InChI=1S/C16H23NO2/c1-3-18-14-11-16(7-9-17-10-8-16)19-15-12(2)5-4-6-13(14)15/h4-6,14,17H,3,7-11H2,1-2H3. The highest BCUT2D eigenvalue weighted by Gasteiger charge is 2.42. The van der Waals surface area contributed by atoms with Crippen molar-refractivity contribution in [2.75, 3.05) is 19.7 Å². The lowest BCUT2D eigenvalue weighted by Gasteiger charge is -2.45. The van der Waals surface area contributed by atoms with Gasteiger partial charge < -0.3 is 14.8 Å². The quantitative estimate of drug-likeness (QED) is 0.888. The fourth-order valence-corrected chi connectivity index (χ4v) is 3.31. The molecule has 2 aliphatic rings. The molecular formula is C16H23NO2. The predicted molar refractivity (Wildman–Crippen MR) is 75.6 cm³/mol. The van der Waals surface area contributed by atoms with Crippen molar-refractivity contribution in [2.24, 2.45) is 0 Å². The number of rotatable bonds is 2. The third-order valence-corrected chi connectivity index (χ3v) is 4.35. The molecule has 3 nitrogen and oxygen atoms in total. The van der Waals surface area contributed by atoms with Gasteiger partial charge in [-0.3, -0.25) is 0 Å². The van der Waals surface area contributed by atoms with Crippen LogP contribution in [-0.2, 0) is 4.74 Å². The smallest absolute Gasteiger partial charge is 0.128 e. The molecule has 1 spiro atoms. The summed E-state index contributed by atoms with van der Waals surface area (Å²) in [6.45, 7) is 7.04. The van der Waals surface area contributed by atoms with E-state index in [0.717, 1.165) is 44.7 Å². The summed E-state index contributed by atoms with van der Waals surface area (Å²) in [6.07, 6.45) is 3.32.